The first-order chi connectivity index (χ1) is 9.57. The maximum Gasteiger partial charge on any atom is 0.195 e. The van der Waals surface area contributed by atoms with Crippen LogP contribution in [0.2, 0.25) is 0 Å². The Labute approximate surface area is 123 Å². The first kappa shape index (κ1) is 13.9. The van der Waals surface area contributed by atoms with Crippen molar-refractivity contribution >= 4 is 22.1 Å². The predicted molar refractivity (Wildman–Crippen MR) is 82.5 cm³/mol. The van der Waals surface area contributed by atoms with E-state index in [4.69, 9.17) is 0 Å². The minimum absolute atomic E-state index is 0.0204. The summed E-state index contributed by atoms with van der Waals surface area (Å²) in [7, 11) is 6.40. The lowest BCUT2D eigenvalue weighted by molar-refractivity contribution is 0.0681. The fourth-order valence-corrected chi connectivity index (χ4v) is 3.85. The maximum atomic E-state index is 9.66. The largest absolute Gasteiger partial charge is 0.390 e. The molecule has 1 N–H and O–H groups in total. The third kappa shape index (κ3) is 2.03. The first-order valence-corrected chi connectivity index (χ1v) is 7.89. The fraction of sp³-hybridized carbons (Fsp3) is 0.643. The van der Waals surface area contributed by atoms with Crippen LogP contribution >= 0.6 is 11.3 Å². The topological polar surface area (TPSA) is 44.0 Å². The zero-order valence-electron chi connectivity index (χ0n) is 12.3. The number of hydrogen-bond donors (Lipinski definition) is 1. The second-order valence-corrected chi connectivity index (χ2v) is 6.80. The molecule has 0 atom stereocenters. The van der Waals surface area contributed by atoms with Crippen LogP contribution in [-0.4, -0.2) is 52.6 Å². The number of likely N-dealkylation sites (N-methyl/N-ethyl adjacent to an activating group) is 2. The summed E-state index contributed by atoms with van der Waals surface area (Å²) in [6, 6.07) is 0. The number of aromatic nitrogens is 2. The number of imidazole rings is 1. The molecule has 0 bridgehead atoms. The molecule has 2 heterocycles. The Kier molecular flexibility index (Phi) is 3.48. The monoisotopic (exact) mass is 294 g/mol. The highest BCUT2D eigenvalue weighted by Crippen LogP contribution is 2.38. The minimum atomic E-state index is 0.0204. The van der Waals surface area contributed by atoms with Gasteiger partial charge in [-0.1, -0.05) is 0 Å². The lowest BCUT2D eigenvalue weighted by Gasteiger charge is -2.49. The van der Waals surface area contributed by atoms with Crippen LogP contribution in [0, 0.1) is 0 Å². The van der Waals surface area contributed by atoms with Crippen LogP contribution in [0.15, 0.2) is 11.6 Å². The van der Waals surface area contributed by atoms with Gasteiger partial charge in [-0.15, -0.1) is 11.3 Å². The summed E-state index contributed by atoms with van der Waals surface area (Å²) < 4.78 is 1.99. The molecule has 0 radical (unpaired) electrons. The standard InChI is InChI=1S/C14H22N4OS/c1-16(2)14(5-4-6-14)10-17(3)12-11(9-19)18-7-8-20-13(18)15-12/h7-8,19H,4-6,9-10H2,1-3H3. The summed E-state index contributed by atoms with van der Waals surface area (Å²) in [6.07, 6.45) is 5.75. The van der Waals surface area contributed by atoms with Gasteiger partial charge < -0.3 is 14.9 Å². The summed E-state index contributed by atoms with van der Waals surface area (Å²) >= 11 is 1.60. The van der Waals surface area contributed by atoms with Gasteiger partial charge in [0.05, 0.1) is 12.3 Å². The summed E-state index contributed by atoms with van der Waals surface area (Å²) in [4.78, 5) is 10.2. The molecule has 1 saturated carbocycles. The Bertz CT molecular complexity index is 599. The zero-order valence-corrected chi connectivity index (χ0v) is 13.2. The lowest BCUT2D eigenvalue weighted by Crippen LogP contribution is -2.56. The molecule has 3 rings (SSSR count). The molecule has 2 aromatic rings. The molecular weight excluding hydrogens is 272 g/mol. The van der Waals surface area contributed by atoms with E-state index in [1.54, 1.807) is 11.3 Å². The molecule has 1 aliphatic carbocycles. The average Bonchev–Trinajstić information content (AvgIpc) is 2.92. The number of aliphatic hydroxyl groups excluding tert-OH is 1. The highest BCUT2D eigenvalue weighted by Gasteiger charge is 2.40. The van der Waals surface area contributed by atoms with Crippen molar-refractivity contribution in [2.75, 3.05) is 32.6 Å². The van der Waals surface area contributed by atoms with Gasteiger partial charge in [0.2, 0.25) is 0 Å². The van der Waals surface area contributed by atoms with Crippen molar-refractivity contribution < 1.29 is 5.11 Å². The van der Waals surface area contributed by atoms with Gasteiger partial charge in [-0.3, -0.25) is 4.40 Å². The normalized spacial score (nSPS) is 17.6. The van der Waals surface area contributed by atoms with Crippen molar-refractivity contribution in [1.29, 1.82) is 0 Å². The molecule has 0 aliphatic heterocycles. The molecule has 5 nitrogen and oxygen atoms in total. The molecule has 2 aromatic heterocycles. The number of anilines is 1. The van der Waals surface area contributed by atoms with E-state index in [1.165, 1.54) is 19.3 Å². The van der Waals surface area contributed by atoms with Gasteiger partial charge >= 0.3 is 0 Å². The summed E-state index contributed by atoms with van der Waals surface area (Å²) in [5, 5.41) is 11.7. The second-order valence-electron chi connectivity index (χ2n) is 5.92. The number of hydrogen-bond acceptors (Lipinski definition) is 5. The summed E-state index contributed by atoms with van der Waals surface area (Å²) in [5.74, 6) is 0.910. The van der Waals surface area contributed by atoms with Crippen LogP contribution in [0.5, 0.6) is 0 Å². The van der Waals surface area contributed by atoms with E-state index in [2.05, 4.69) is 35.9 Å². The van der Waals surface area contributed by atoms with Crippen LogP contribution in [0.25, 0.3) is 4.96 Å². The highest BCUT2D eigenvalue weighted by molar-refractivity contribution is 7.15. The van der Waals surface area contributed by atoms with Gasteiger partial charge in [0, 0.05) is 30.7 Å². The van der Waals surface area contributed by atoms with Gasteiger partial charge in [-0.2, -0.15) is 0 Å². The second kappa shape index (κ2) is 5.02. The van der Waals surface area contributed by atoms with Crippen molar-refractivity contribution in [3.8, 4) is 0 Å². The van der Waals surface area contributed by atoms with Crippen LogP contribution in [-0.2, 0) is 6.61 Å². The van der Waals surface area contributed by atoms with Crippen LogP contribution in [0.3, 0.4) is 0 Å². The lowest BCUT2D eigenvalue weighted by atomic mass is 9.75. The van der Waals surface area contributed by atoms with Crippen LogP contribution in [0.4, 0.5) is 5.82 Å². The highest BCUT2D eigenvalue weighted by atomic mass is 32.1. The van der Waals surface area contributed by atoms with E-state index in [9.17, 15) is 5.11 Å². The molecule has 0 amide bonds. The first-order valence-electron chi connectivity index (χ1n) is 7.01. The van der Waals surface area contributed by atoms with E-state index in [0.29, 0.717) is 0 Å². The van der Waals surface area contributed by atoms with Crippen molar-refractivity contribution in [2.45, 2.75) is 31.4 Å². The average molecular weight is 294 g/mol. The summed E-state index contributed by atoms with van der Waals surface area (Å²) in [5.41, 5.74) is 1.15. The molecule has 20 heavy (non-hydrogen) atoms. The van der Waals surface area contributed by atoms with Crippen LogP contribution in [0.1, 0.15) is 25.0 Å². The molecule has 0 spiro atoms. The van der Waals surface area contributed by atoms with Crippen molar-refractivity contribution in [3.05, 3.63) is 17.3 Å². The van der Waals surface area contributed by atoms with Gasteiger partial charge in [0.25, 0.3) is 0 Å². The Morgan fingerprint density at radius 1 is 1.40 bits per heavy atom. The molecule has 110 valence electrons. The molecule has 0 unspecified atom stereocenters. The molecule has 0 aromatic carbocycles. The van der Waals surface area contributed by atoms with Crippen molar-refractivity contribution in [2.24, 2.45) is 0 Å². The molecule has 1 fully saturated rings. The van der Waals surface area contributed by atoms with E-state index >= 15 is 0 Å². The number of fused-ring (bicyclic) bond motifs is 1. The number of nitrogens with zero attached hydrogens (tertiary/aromatic N) is 4. The van der Waals surface area contributed by atoms with Crippen molar-refractivity contribution in [1.82, 2.24) is 14.3 Å². The Balaban J connectivity index is 1.88. The quantitative estimate of drug-likeness (QED) is 0.913. The van der Waals surface area contributed by atoms with Gasteiger partial charge in [-0.25, -0.2) is 4.98 Å². The third-order valence-electron chi connectivity index (χ3n) is 4.62. The van der Waals surface area contributed by atoms with E-state index in [1.807, 2.05) is 16.0 Å². The zero-order chi connectivity index (χ0) is 14.3. The smallest absolute Gasteiger partial charge is 0.195 e. The Hall–Kier alpha value is -1.11. The predicted octanol–water partition coefficient (Wildman–Crippen LogP) is 1.81. The maximum absolute atomic E-state index is 9.66. The summed E-state index contributed by atoms with van der Waals surface area (Å²) in [6.45, 7) is 0.977. The molecule has 6 heteroatoms. The SMILES string of the molecule is CN(CC1(N(C)C)CCC1)c1nc2sccn2c1CO. The van der Waals surface area contributed by atoms with Gasteiger partial charge in [0.1, 0.15) is 0 Å². The fourth-order valence-electron chi connectivity index (χ4n) is 3.12. The molecule has 1 aliphatic rings. The Morgan fingerprint density at radius 3 is 2.70 bits per heavy atom. The van der Waals surface area contributed by atoms with Gasteiger partial charge in [-0.05, 0) is 33.4 Å². The number of thiazole rings is 1. The van der Waals surface area contributed by atoms with Gasteiger partial charge in [0.15, 0.2) is 10.8 Å². The molecule has 0 saturated heterocycles. The molecular formula is C14H22N4OS. The van der Waals surface area contributed by atoms with E-state index < -0.39 is 0 Å². The van der Waals surface area contributed by atoms with Crippen LogP contribution < -0.4 is 4.90 Å². The number of rotatable bonds is 5. The van der Waals surface area contributed by atoms with E-state index in [-0.39, 0.29) is 12.1 Å². The van der Waals surface area contributed by atoms with Crippen molar-refractivity contribution in [3.63, 3.8) is 0 Å². The minimum Gasteiger partial charge on any atom is -0.390 e. The Morgan fingerprint density at radius 2 is 2.15 bits per heavy atom. The van der Waals surface area contributed by atoms with E-state index in [0.717, 1.165) is 23.0 Å². The number of aliphatic hydroxyl groups is 1. The third-order valence-corrected chi connectivity index (χ3v) is 5.37.